The summed E-state index contributed by atoms with van der Waals surface area (Å²) in [6, 6.07) is 0. The lowest BCUT2D eigenvalue weighted by atomic mass is 11.6. The number of halogens is 6. The summed E-state index contributed by atoms with van der Waals surface area (Å²) >= 11 is 0. The van der Waals surface area contributed by atoms with Gasteiger partial charge in [-0.1, -0.05) is 0 Å². The molecule has 0 aliphatic heterocycles. The van der Waals surface area contributed by atoms with E-state index in [1.165, 1.54) is 0 Å². The molecule has 0 aliphatic rings. The zero-order chi connectivity index (χ0) is 12.7. The third-order valence-electron chi connectivity index (χ3n) is 0.958. The largest absolute Gasteiger partial charge is 0.481 e. The summed E-state index contributed by atoms with van der Waals surface area (Å²) in [5, 5.41) is 0. The maximum Gasteiger partial charge on any atom is 0.481 e. The quantitative estimate of drug-likeness (QED) is 0.532. The van der Waals surface area contributed by atoms with Gasteiger partial charge in [0.1, 0.15) is 0 Å². The van der Waals surface area contributed by atoms with Gasteiger partial charge in [-0.2, -0.15) is 31.2 Å². The third-order valence-corrected chi connectivity index (χ3v) is 4.50. The molecule has 13 heteroatoms. The van der Waals surface area contributed by atoms with Crippen molar-refractivity contribution in [1.82, 2.24) is 4.86 Å². The molecule has 0 aromatic heterocycles. The first-order chi connectivity index (χ1) is 6.21. The lowest BCUT2D eigenvalue weighted by molar-refractivity contribution is -0.0616. The molecule has 2 unspecified atom stereocenters. The SMILES string of the molecule is O=P(O)(NP(=O)(O)C(F)(F)F)C(F)(F)F. The van der Waals surface area contributed by atoms with Crippen LogP contribution in [0.25, 0.3) is 0 Å². The second-order valence-corrected chi connectivity index (χ2v) is 6.31. The predicted molar refractivity (Wildman–Crippen MR) is 34.9 cm³/mol. The highest BCUT2D eigenvalue weighted by Gasteiger charge is 2.60. The monoisotopic (exact) mass is 281 g/mol. The first-order valence-corrected chi connectivity index (χ1v) is 6.11. The Balaban J connectivity index is 5.08. The lowest BCUT2D eigenvalue weighted by Crippen LogP contribution is -2.25. The van der Waals surface area contributed by atoms with Crippen LogP contribution in [-0.2, 0) is 9.13 Å². The summed E-state index contributed by atoms with van der Waals surface area (Å²) < 4.78 is 89.8. The molecule has 0 bridgehead atoms. The smallest absolute Gasteiger partial charge is 0.327 e. The summed E-state index contributed by atoms with van der Waals surface area (Å²) in [6.45, 7) is 0. The van der Waals surface area contributed by atoms with E-state index < -0.39 is 26.9 Å². The van der Waals surface area contributed by atoms with Crippen LogP contribution in [0.4, 0.5) is 26.3 Å². The van der Waals surface area contributed by atoms with Gasteiger partial charge in [-0.15, -0.1) is 0 Å². The van der Waals surface area contributed by atoms with E-state index in [9.17, 15) is 35.5 Å². The molecule has 15 heavy (non-hydrogen) atoms. The second-order valence-electron chi connectivity index (χ2n) is 2.19. The number of alkyl halides is 6. The topological polar surface area (TPSA) is 86.6 Å². The Morgan fingerprint density at radius 1 is 0.800 bits per heavy atom. The van der Waals surface area contributed by atoms with Crippen LogP contribution < -0.4 is 4.86 Å². The highest BCUT2D eigenvalue weighted by Crippen LogP contribution is 2.65. The number of nitrogens with one attached hydrogen (secondary N) is 1. The Hall–Kier alpha value is -0.0800. The molecule has 3 N–H and O–H groups in total. The molecule has 0 aromatic carbocycles. The average Bonchev–Trinajstić information content (AvgIpc) is 1.77. The number of rotatable bonds is 2. The van der Waals surface area contributed by atoms with E-state index in [1.807, 2.05) is 0 Å². The van der Waals surface area contributed by atoms with Gasteiger partial charge in [-0.05, 0) is 0 Å². The zero-order valence-electron chi connectivity index (χ0n) is 6.37. The number of hydrogen-bond acceptors (Lipinski definition) is 2. The van der Waals surface area contributed by atoms with Crippen molar-refractivity contribution in [3.05, 3.63) is 0 Å². The molecular weight excluding hydrogens is 278 g/mol. The van der Waals surface area contributed by atoms with Crippen molar-refractivity contribution in [2.24, 2.45) is 0 Å². The fourth-order valence-electron chi connectivity index (χ4n) is 0.297. The van der Waals surface area contributed by atoms with Gasteiger partial charge in [0.25, 0.3) is 0 Å². The van der Waals surface area contributed by atoms with Crippen LogP contribution in [0.1, 0.15) is 0 Å². The van der Waals surface area contributed by atoms with Gasteiger partial charge in [0, 0.05) is 0 Å². The molecule has 0 fully saturated rings. The fourth-order valence-corrected chi connectivity index (χ4v) is 2.67. The normalized spacial score (nSPS) is 21.9. The van der Waals surface area contributed by atoms with Gasteiger partial charge in [-0.25, -0.2) is 0 Å². The van der Waals surface area contributed by atoms with Crippen molar-refractivity contribution in [2.75, 3.05) is 0 Å². The maximum atomic E-state index is 11.6. The molecule has 0 radical (unpaired) electrons. The van der Waals surface area contributed by atoms with E-state index in [4.69, 9.17) is 9.79 Å². The summed E-state index contributed by atoms with van der Waals surface area (Å²) in [5.41, 5.74) is 0. The van der Waals surface area contributed by atoms with Crippen LogP contribution >= 0.6 is 15.0 Å². The first kappa shape index (κ1) is 14.9. The van der Waals surface area contributed by atoms with Gasteiger partial charge in [0.15, 0.2) is 0 Å². The first-order valence-electron chi connectivity index (χ1n) is 2.79. The van der Waals surface area contributed by atoms with Crippen molar-refractivity contribution in [3.63, 3.8) is 0 Å². The fraction of sp³-hybridized carbons (Fsp3) is 1.00. The lowest BCUT2D eigenvalue weighted by Gasteiger charge is -2.20. The maximum absolute atomic E-state index is 11.6. The van der Waals surface area contributed by atoms with E-state index in [1.54, 1.807) is 0 Å². The van der Waals surface area contributed by atoms with E-state index in [0.717, 1.165) is 0 Å². The van der Waals surface area contributed by atoms with Crippen molar-refractivity contribution in [1.29, 1.82) is 0 Å². The van der Waals surface area contributed by atoms with Gasteiger partial charge in [0.05, 0.1) is 0 Å². The van der Waals surface area contributed by atoms with Crippen LogP contribution in [0, 0.1) is 0 Å². The van der Waals surface area contributed by atoms with Gasteiger partial charge < -0.3 is 9.79 Å². The minimum Gasteiger partial charge on any atom is -0.327 e. The zero-order valence-corrected chi connectivity index (χ0v) is 8.16. The van der Waals surface area contributed by atoms with Gasteiger partial charge in [-0.3, -0.25) is 9.13 Å². The molecular formula is C2H3F6NO4P2. The molecule has 0 aliphatic carbocycles. The van der Waals surface area contributed by atoms with Crippen molar-refractivity contribution in [2.45, 2.75) is 11.8 Å². The van der Waals surface area contributed by atoms with E-state index in [2.05, 4.69) is 0 Å². The summed E-state index contributed by atoms with van der Waals surface area (Å²) in [7, 11) is -13.2. The molecule has 5 nitrogen and oxygen atoms in total. The van der Waals surface area contributed by atoms with Crippen LogP contribution in [0.5, 0.6) is 0 Å². The molecule has 0 rings (SSSR count). The van der Waals surface area contributed by atoms with Crippen molar-refractivity contribution in [3.8, 4) is 0 Å². The Labute approximate surface area is 78.1 Å². The highest BCUT2D eigenvalue weighted by molar-refractivity contribution is 7.72. The van der Waals surface area contributed by atoms with Gasteiger partial charge >= 0.3 is 26.9 Å². The Morgan fingerprint density at radius 2 is 1.00 bits per heavy atom. The van der Waals surface area contributed by atoms with Gasteiger partial charge in [0.2, 0.25) is 0 Å². The van der Waals surface area contributed by atoms with Crippen LogP contribution in [0.2, 0.25) is 0 Å². The van der Waals surface area contributed by atoms with E-state index in [0.29, 0.717) is 0 Å². The number of hydrogen-bond donors (Lipinski definition) is 3. The Morgan fingerprint density at radius 3 is 1.13 bits per heavy atom. The highest BCUT2D eigenvalue weighted by atomic mass is 31.2. The predicted octanol–water partition coefficient (Wildman–Crippen LogP) is 1.99. The molecule has 0 heterocycles. The van der Waals surface area contributed by atoms with Crippen molar-refractivity contribution < 1.29 is 45.3 Å². The second kappa shape index (κ2) is 3.74. The average molecular weight is 281 g/mol. The van der Waals surface area contributed by atoms with Crippen LogP contribution in [0.15, 0.2) is 0 Å². The Kier molecular flexibility index (Phi) is 3.72. The molecule has 0 spiro atoms. The van der Waals surface area contributed by atoms with Crippen LogP contribution in [0.3, 0.4) is 0 Å². The molecule has 0 amide bonds. The Bertz CT molecular complexity index is 301. The van der Waals surface area contributed by atoms with E-state index in [-0.39, 0.29) is 4.86 Å². The standard InChI is InChI=1S/C2H3F6NO4P2/c3-1(4,5)14(10,11)9-15(12,13)2(6,7)8/h(H3,9,10,11,12,13). The molecule has 92 valence electrons. The van der Waals surface area contributed by atoms with Crippen molar-refractivity contribution >= 4 is 15.0 Å². The summed E-state index contributed by atoms with van der Waals surface area (Å²) in [4.78, 5) is 15.9. The third kappa shape index (κ3) is 3.46. The summed E-state index contributed by atoms with van der Waals surface area (Å²) in [6.07, 6.45) is 0. The minimum absolute atomic E-state index is 0.215. The molecule has 0 saturated heterocycles. The minimum atomic E-state index is -6.58. The van der Waals surface area contributed by atoms with E-state index >= 15 is 0 Å². The van der Waals surface area contributed by atoms with Crippen LogP contribution in [-0.4, -0.2) is 21.6 Å². The molecule has 0 saturated carbocycles. The molecule has 0 aromatic rings. The summed E-state index contributed by atoms with van der Waals surface area (Å²) in [5.74, 6) is -11.9. The molecule has 2 atom stereocenters.